The van der Waals surface area contributed by atoms with Gasteiger partial charge in [-0.25, -0.2) is 4.79 Å². The lowest BCUT2D eigenvalue weighted by molar-refractivity contribution is 0.170. The summed E-state index contributed by atoms with van der Waals surface area (Å²) in [5.74, 6) is 0. The Morgan fingerprint density at radius 1 is 1.19 bits per heavy atom. The van der Waals surface area contributed by atoms with Gasteiger partial charge < -0.3 is 10.2 Å². The van der Waals surface area contributed by atoms with Crippen molar-refractivity contribution in [1.29, 1.82) is 0 Å². The van der Waals surface area contributed by atoms with Crippen molar-refractivity contribution in [2.75, 3.05) is 20.1 Å². The summed E-state index contributed by atoms with van der Waals surface area (Å²) >= 11 is 0. The van der Waals surface area contributed by atoms with Crippen LogP contribution in [0.3, 0.4) is 0 Å². The zero-order valence-corrected chi connectivity index (χ0v) is 15.9. The largest absolute Gasteiger partial charge is 0.336 e. The summed E-state index contributed by atoms with van der Waals surface area (Å²) in [5, 5.41) is 3.07. The second-order valence-corrected chi connectivity index (χ2v) is 7.07. The van der Waals surface area contributed by atoms with Gasteiger partial charge in [-0.15, -0.1) is 0 Å². The minimum Gasteiger partial charge on any atom is -0.336 e. The maximum Gasteiger partial charge on any atom is 0.317 e. The molecule has 5 heteroatoms. The highest BCUT2D eigenvalue weighted by Gasteiger charge is 2.22. The van der Waals surface area contributed by atoms with Crippen molar-refractivity contribution in [1.82, 2.24) is 20.1 Å². The number of nitrogens with zero attached hydrogens (tertiary/aromatic N) is 3. The molecule has 1 aliphatic rings. The molecule has 1 aliphatic heterocycles. The van der Waals surface area contributed by atoms with E-state index in [1.165, 1.54) is 11.1 Å². The molecule has 26 heavy (non-hydrogen) atoms. The molecule has 0 aliphatic carbocycles. The van der Waals surface area contributed by atoms with Crippen molar-refractivity contribution in [3.05, 3.63) is 65.5 Å². The lowest BCUT2D eigenvalue weighted by atomic mass is 9.99. The van der Waals surface area contributed by atoms with Gasteiger partial charge in [-0.2, -0.15) is 0 Å². The van der Waals surface area contributed by atoms with Crippen LogP contribution in [0.1, 0.15) is 36.7 Å². The molecule has 0 radical (unpaired) electrons. The average Bonchev–Trinajstić information content (AvgIpc) is 2.70. The molecule has 0 saturated heterocycles. The summed E-state index contributed by atoms with van der Waals surface area (Å²) in [6.07, 6.45) is 2.83. The van der Waals surface area contributed by atoms with E-state index in [1.807, 2.05) is 32.2 Å². The minimum atomic E-state index is -0.0626. The second kappa shape index (κ2) is 8.32. The standard InChI is InChI=1S/C21H28N4O/c1-16(25-13-11-18-8-4-5-9-19(18)15-25)14-23-21(26)24(3)17(2)20-10-6-7-12-22-20/h4-10,12,16-17H,11,13-15H2,1-3H3,(H,23,26). The van der Waals surface area contributed by atoms with E-state index in [-0.39, 0.29) is 12.1 Å². The summed E-state index contributed by atoms with van der Waals surface area (Å²) in [6, 6.07) is 14.6. The number of carbonyl (C=O) groups is 1. The first-order chi connectivity index (χ1) is 12.6. The Bertz CT molecular complexity index is 734. The molecule has 1 aromatic heterocycles. The number of hydrogen-bond acceptors (Lipinski definition) is 3. The molecule has 2 amide bonds. The van der Waals surface area contributed by atoms with Crippen LogP contribution in [0.15, 0.2) is 48.7 Å². The van der Waals surface area contributed by atoms with E-state index in [4.69, 9.17) is 0 Å². The maximum absolute atomic E-state index is 12.5. The Balaban J connectivity index is 1.51. The molecule has 138 valence electrons. The van der Waals surface area contributed by atoms with Gasteiger partial charge in [0, 0.05) is 38.9 Å². The van der Waals surface area contributed by atoms with Crippen LogP contribution in [0.2, 0.25) is 0 Å². The molecule has 0 bridgehead atoms. The van der Waals surface area contributed by atoms with E-state index in [1.54, 1.807) is 11.1 Å². The summed E-state index contributed by atoms with van der Waals surface area (Å²) in [6.45, 7) is 6.80. The number of rotatable bonds is 5. The first-order valence-corrected chi connectivity index (χ1v) is 9.28. The quantitative estimate of drug-likeness (QED) is 0.899. The highest BCUT2D eigenvalue weighted by molar-refractivity contribution is 5.74. The predicted octanol–water partition coefficient (Wildman–Crippen LogP) is 3.23. The Morgan fingerprint density at radius 2 is 1.92 bits per heavy atom. The van der Waals surface area contributed by atoms with Gasteiger partial charge in [0.25, 0.3) is 0 Å². The number of nitrogens with one attached hydrogen (secondary N) is 1. The van der Waals surface area contributed by atoms with Gasteiger partial charge in [0.05, 0.1) is 11.7 Å². The molecule has 1 aromatic carbocycles. The number of fused-ring (bicyclic) bond motifs is 1. The molecule has 5 nitrogen and oxygen atoms in total. The third kappa shape index (κ3) is 4.22. The highest BCUT2D eigenvalue weighted by Crippen LogP contribution is 2.20. The van der Waals surface area contributed by atoms with Gasteiger partial charge in [-0.1, -0.05) is 30.3 Å². The number of amides is 2. The fraction of sp³-hybridized carbons (Fsp3) is 0.429. The van der Waals surface area contributed by atoms with Crippen molar-refractivity contribution in [3.8, 4) is 0 Å². The van der Waals surface area contributed by atoms with Crippen LogP contribution in [0.5, 0.6) is 0 Å². The van der Waals surface area contributed by atoms with Crippen molar-refractivity contribution in [2.24, 2.45) is 0 Å². The van der Waals surface area contributed by atoms with E-state index in [9.17, 15) is 4.79 Å². The zero-order chi connectivity index (χ0) is 18.5. The molecule has 2 unspecified atom stereocenters. The molecular weight excluding hydrogens is 324 g/mol. The first-order valence-electron chi connectivity index (χ1n) is 9.28. The molecular formula is C21H28N4O. The van der Waals surface area contributed by atoms with Crippen molar-refractivity contribution < 1.29 is 4.79 Å². The van der Waals surface area contributed by atoms with Gasteiger partial charge in [0.1, 0.15) is 0 Å². The predicted molar refractivity (Wildman–Crippen MR) is 104 cm³/mol. The van der Waals surface area contributed by atoms with E-state index >= 15 is 0 Å². The van der Waals surface area contributed by atoms with Crippen LogP contribution in [-0.2, 0) is 13.0 Å². The van der Waals surface area contributed by atoms with Crippen molar-refractivity contribution in [2.45, 2.75) is 38.9 Å². The van der Waals surface area contributed by atoms with Crippen LogP contribution in [0.25, 0.3) is 0 Å². The third-order valence-electron chi connectivity index (χ3n) is 5.35. The van der Waals surface area contributed by atoms with E-state index in [0.29, 0.717) is 12.6 Å². The SMILES string of the molecule is CC(CNC(=O)N(C)C(C)c1ccccn1)N1CCc2ccccc2C1. The maximum atomic E-state index is 12.5. The summed E-state index contributed by atoms with van der Waals surface area (Å²) < 4.78 is 0. The number of hydrogen-bond donors (Lipinski definition) is 1. The van der Waals surface area contributed by atoms with Gasteiger partial charge in [0.2, 0.25) is 0 Å². The average molecular weight is 352 g/mol. The number of urea groups is 1. The smallest absolute Gasteiger partial charge is 0.317 e. The molecule has 2 atom stereocenters. The first kappa shape index (κ1) is 18.4. The number of aromatic nitrogens is 1. The third-order valence-corrected chi connectivity index (χ3v) is 5.35. The second-order valence-electron chi connectivity index (χ2n) is 7.07. The zero-order valence-electron chi connectivity index (χ0n) is 15.9. The summed E-state index contributed by atoms with van der Waals surface area (Å²) in [5.41, 5.74) is 3.74. The van der Waals surface area contributed by atoms with E-state index in [2.05, 4.69) is 46.4 Å². The Kier molecular flexibility index (Phi) is 5.89. The number of benzene rings is 1. The number of carbonyl (C=O) groups excluding carboxylic acids is 1. The van der Waals surface area contributed by atoms with Gasteiger partial charge in [-0.3, -0.25) is 9.88 Å². The van der Waals surface area contributed by atoms with Gasteiger partial charge in [-0.05, 0) is 43.5 Å². The number of pyridine rings is 1. The summed E-state index contributed by atoms with van der Waals surface area (Å²) in [4.78, 5) is 21.0. The van der Waals surface area contributed by atoms with Crippen LogP contribution in [0, 0.1) is 0 Å². The molecule has 2 heterocycles. The van der Waals surface area contributed by atoms with Crippen LogP contribution >= 0.6 is 0 Å². The Morgan fingerprint density at radius 3 is 2.65 bits per heavy atom. The van der Waals surface area contributed by atoms with Crippen LogP contribution in [0.4, 0.5) is 4.79 Å². The normalized spacial score (nSPS) is 16.4. The molecule has 3 rings (SSSR count). The lowest BCUT2D eigenvalue weighted by Gasteiger charge is -2.34. The lowest BCUT2D eigenvalue weighted by Crippen LogP contribution is -2.47. The Hall–Kier alpha value is -2.40. The van der Waals surface area contributed by atoms with Gasteiger partial charge >= 0.3 is 6.03 Å². The van der Waals surface area contributed by atoms with E-state index in [0.717, 1.165) is 25.2 Å². The molecule has 0 fully saturated rings. The molecule has 1 N–H and O–H groups in total. The topological polar surface area (TPSA) is 48.5 Å². The fourth-order valence-electron chi connectivity index (χ4n) is 3.38. The van der Waals surface area contributed by atoms with Crippen molar-refractivity contribution >= 4 is 6.03 Å². The monoisotopic (exact) mass is 352 g/mol. The van der Waals surface area contributed by atoms with E-state index < -0.39 is 0 Å². The van der Waals surface area contributed by atoms with Crippen LogP contribution < -0.4 is 5.32 Å². The Labute approximate surface area is 156 Å². The van der Waals surface area contributed by atoms with Crippen molar-refractivity contribution in [3.63, 3.8) is 0 Å². The molecule has 0 spiro atoms. The molecule has 2 aromatic rings. The summed E-state index contributed by atoms with van der Waals surface area (Å²) in [7, 11) is 1.82. The van der Waals surface area contributed by atoms with Gasteiger partial charge in [0.15, 0.2) is 0 Å². The fourth-order valence-corrected chi connectivity index (χ4v) is 3.38. The highest BCUT2D eigenvalue weighted by atomic mass is 16.2. The van der Waals surface area contributed by atoms with Crippen LogP contribution in [-0.4, -0.2) is 47.0 Å². The molecule has 0 saturated carbocycles. The minimum absolute atomic E-state index is 0.0617.